The number of anilines is 3. The summed E-state index contributed by atoms with van der Waals surface area (Å²) in [4.78, 5) is 8.65. The maximum Gasteiger partial charge on any atom is 0.224 e. The number of ether oxygens (including phenoxy) is 1. The van der Waals surface area contributed by atoms with Gasteiger partial charge in [0.15, 0.2) is 11.6 Å². The van der Waals surface area contributed by atoms with Crippen LogP contribution in [0.25, 0.3) is 0 Å². The van der Waals surface area contributed by atoms with Crippen molar-refractivity contribution in [2.45, 2.75) is 20.3 Å². The lowest BCUT2D eigenvalue weighted by Gasteiger charge is -2.10. The third-order valence-electron chi connectivity index (χ3n) is 2.81. The molecule has 5 nitrogen and oxygen atoms in total. The van der Waals surface area contributed by atoms with Crippen molar-refractivity contribution in [3.8, 4) is 5.75 Å². The number of nitrogens with one attached hydrogen (secondary N) is 2. The van der Waals surface area contributed by atoms with Crippen molar-refractivity contribution in [3.05, 3.63) is 35.8 Å². The molecule has 2 N–H and O–H groups in total. The van der Waals surface area contributed by atoms with E-state index < -0.39 is 5.82 Å². The number of methoxy groups -OCH3 is 1. The summed E-state index contributed by atoms with van der Waals surface area (Å²) < 4.78 is 18.6. The highest BCUT2D eigenvalue weighted by Gasteiger charge is 2.06. The average molecular weight is 290 g/mol. The lowest BCUT2D eigenvalue weighted by molar-refractivity contribution is 0.386. The Balaban J connectivity index is 2.18. The van der Waals surface area contributed by atoms with Crippen LogP contribution in [0, 0.1) is 12.7 Å². The van der Waals surface area contributed by atoms with Crippen molar-refractivity contribution in [1.29, 1.82) is 0 Å². The summed E-state index contributed by atoms with van der Waals surface area (Å²) in [5.74, 6) is 0.973. The van der Waals surface area contributed by atoms with Crippen molar-refractivity contribution in [2.24, 2.45) is 0 Å². The van der Waals surface area contributed by atoms with Crippen LogP contribution in [-0.2, 0) is 0 Å². The number of rotatable bonds is 6. The number of nitrogens with zero attached hydrogens (tertiary/aromatic N) is 2. The summed E-state index contributed by atoms with van der Waals surface area (Å²) in [7, 11) is 1.44. The third kappa shape index (κ3) is 4.05. The molecule has 0 fully saturated rings. The predicted octanol–water partition coefficient (Wildman–Crippen LogP) is 3.50. The van der Waals surface area contributed by atoms with Gasteiger partial charge in [0, 0.05) is 30.1 Å². The van der Waals surface area contributed by atoms with Crippen LogP contribution in [0.1, 0.15) is 19.0 Å². The van der Waals surface area contributed by atoms with Gasteiger partial charge in [0.1, 0.15) is 5.82 Å². The molecule has 112 valence electrons. The van der Waals surface area contributed by atoms with Crippen molar-refractivity contribution < 1.29 is 9.13 Å². The lowest BCUT2D eigenvalue weighted by Crippen LogP contribution is -2.07. The van der Waals surface area contributed by atoms with Crippen LogP contribution in [-0.4, -0.2) is 23.6 Å². The van der Waals surface area contributed by atoms with E-state index in [2.05, 4.69) is 27.5 Å². The van der Waals surface area contributed by atoms with Gasteiger partial charge in [-0.15, -0.1) is 0 Å². The van der Waals surface area contributed by atoms with Gasteiger partial charge >= 0.3 is 0 Å². The van der Waals surface area contributed by atoms with Crippen LogP contribution in [0.4, 0.5) is 21.8 Å². The summed E-state index contributed by atoms with van der Waals surface area (Å²) in [6.07, 6.45) is 0.990. The minimum Gasteiger partial charge on any atom is -0.494 e. The smallest absolute Gasteiger partial charge is 0.224 e. The molecule has 1 aromatic carbocycles. The number of hydrogen-bond acceptors (Lipinski definition) is 5. The van der Waals surface area contributed by atoms with Gasteiger partial charge in [-0.3, -0.25) is 0 Å². The van der Waals surface area contributed by atoms with Crippen LogP contribution >= 0.6 is 0 Å². The molecule has 2 rings (SSSR count). The summed E-state index contributed by atoms with van der Waals surface area (Å²) >= 11 is 0. The Kier molecular flexibility index (Phi) is 4.92. The van der Waals surface area contributed by atoms with Crippen LogP contribution in [0.2, 0.25) is 0 Å². The first kappa shape index (κ1) is 15.0. The Morgan fingerprint density at radius 3 is 2.71 bits per heavy atom. The fourth-order valence-electron chi connectivity index (χ4n) is 1.84. The molecule has 0 radical (unpaired) electrons. The molecule has 0 saturated carbocycles. The van der Waals surface area contributed by atoms with E-state index in [-0.39, 0.29) is 5.75 Å². The largest absolute Gasteiger partial charge is 0.494 e. The van der Waals surface area contributed by atoms with Gasteiger partial charge < -0.3 is 15.4 Å². The van der Waals surface area contributed by atoms with E-state index in [4.69, 9.17) is 4.74 Å². The van der Waals surface area contributed by atoms with Crippen LogP contribution in [0.15, 0.2) is 24.3 Å². The summed E-state index contributed by atoms with van der Waals surface area (Å²) in [5.41, 5.74) is 1.44. The van der Waals surface area contributed by atoms with E-state index >= 15 is 0 Å². The van der Waals surface area contributed by atoms with E-state index in [1.165, 1.54) is 13.2 Å². The Morgan fingerprint density at radius 2 is 2.05 bits per heavy atom. The summed E-state index contributed by atoms with van der Waals surface area (Å²) in [6.45, 7) is 4.76. The molecule has 0 spiro atoms. The van der Waals surface area contributed by atoms with Gasteiger partial charge in [-0.2, -0.15) is 4.98 Å². The molecule has 2 aromatic rings. The van der Waals surface area contributed by atoms with Gasteiger partial charge in [0.2, 0.25) is 5.95 Å². The van der Waals surface area contributed by atoms with Crippen LogP contribution in [0.5, 0.6) is 5.75 Å². The van der Waals surface area contributed by atoms with E-state index in [9.17, 15) is 4.39 Å². The van der Waals surface area contributed by atoms with Gasteiger partial charge in [-0.25, -0.2) is 9.37 Å². The molecular weight excluding hydrogens is 271 g/mol. The molecule has 1 heterocycles. The quantitative estimate of drug-likeness (QED) is 0.852. The maximum atomic E-state index is 13.7. The molecule has 0 aliphatic rings. The highest BCUT2D eigenvalue weighted by atomic mass is 19.1. The second-order valence-corrected chi connectivity index (χ2v) is 4.62. The fourth-order valence-corrected chi connectivity index (χ4v) is 1.84. The maximum absolute atomic E-state index is 13.7. The Hall–Kier alpha value is -2.37. The van der Waals surface area contributed by atoms with Gasteiger partial charge in [-0.05, 0) is 25.5 Å². The zero-order valence-corrected chi connectivity index (χ0v) is 12.4. The molecule has 6 heteroatoms. The second-order valence-electron chi connectivity index (χ2n) is 4.62. The molecule has 0 aliphatic heterocycles. The first-order chi connectivity index (χ1) is 10.1. The minimum absolute atomic E-state index is 0.213. The minimum atomic E-state index is -0.419. The average Bonchev–Trinajstić information content (AvgIpc) is 2.45. The summed E-state index contributed by atoms with van der Waals surface area (Å²) in [6, 6.07) is 6.48. The second kappa shape index (κ2) is 6.88. The molecule has 0 atom stereocenters. The van der Waals surface area contributed by atoms with E-state index in [0.29, 0.717) is 17.5 Å². The van der Waals surface area contributed by atoms with Gasteiger partial charge in [0.25, 0.3) is 0 Å². The predicted molar refractivity (Wildman–Crippen MR) is 81.8 cm³/mol. The van der Waals surface area contributed by atoms with E-state index in [1.54, 1.807) is 18.2 Å². The van der Waals surface area contributed by atoms with Crippen molar-refractivity contribution in [1.82, 2.24) is 9.97 Å². The molecular formula is C15H19FN4O. The van der Waals surface area contributed by atoms with Crippen molar-refractivity contribution in [3.63, 3.8) is 0 Å². The first-order valence-corrected chi connectivity index (χ1v) is 6.82. The number of hydrogen-bond donors (Lipinski definition) is 2. The van der Waals surface area contributed by atoms with Crippen molar-refractivity contribution in [2.75, 3.05) is 24.3 Å². The van der Waals surface area contributed by atoms with Gasteiger partial charge in [0.05, 0.1) is 7.11 Å². The molecule has 1 aromatic heterocycles. The molecule has 21 heavy (non-hydrogen) atoms. The number of halogens is 1. The zero-order chi connectivity index (χ0) is 15.2. The fraction of sp³-hybridized carbons (Fsp3) is 0.333. The number of aromatic nitrogens is 2. The molecule has 0 aliphatic carbocycles. The van der Waals surface area contributed by atoms with Gasteiger partial charge in [-0.1, -0.05) is 6.92 Å². The van der Waals surface area contributed by atoms with Crippen LogP contribution < -0.4 is 15.4 Å². The number of benzene rings is 1. The molecule has 0 amide bonds. The SMILES string of the molecule is CCCNc1nc(C)cc(Nc2ccc(OC)c(F)c2)n1. The molecule has 0 saturated heterocycles. The van der Waals surface area contributed by atoms with E-state index in [0.717, 1.165) is 18.7 Å². The normalized spacial score (nSPS) is 10.3. The monoisotopic (exact) mass is 290 g/mol. The standard InChI is InChI=1S/C15H19FN4O/c1-4-7-17-15-18-10(2)8-14(20-15)19-11-5-6-13(21-3)12(16)9-11/h5-6,8-9H,4,7H2,1-3H3,(H2,17,18,19,20). The molecule has 0 bridgehead atoms. The third-order valence-corrected chi connectivity index (χ3v) is 2.81. The Labute approximate surface area is 123 Å². The first-order valence-electron chi connectivity index (χ1n) is 6.82. The van der Waals surface area contributed by atoms with Crippen molar-refractivity contribution >= 4 is 17.5 Å². The van der Waals surface area contributed by atoms with Crippen LogP contribution in [0.3, 0.4) is 0 Å². The van der Waals surface area contributed by atoms with E-state index in [1.807, 2.05) is 6.92 Å². The highest BCUT2D eigenvalue weighted by Crippen LogP contribution is 2.23. The number of aryl methyl sites for hydroxylation is 1. The summed E-state index contributed by atoms with van der Waals surface area (Å²) in [5, 5.41) is 6.20. The Morgan fingerprint density at radius 1 is 1.24 bits per heavy atom. The Bertz CT molecular complexity index is 619. The highest BCUT2D eigenvalue weighted by molar-refractivity contribution is 5.58. The zero-order valence-electron chi connectivity index (χ0n) is 12.4. The topological polar surface area (TPSA) is 59.1 Å². The molecule has 0 unspecified atom stereocenters. The lowest BCUT2D eigenvalue weighted by atomic mass is 10.3.